The van der Waals surface area contributed by atoms with E-state index in [1.165, 1.54) is 0 Å². The molecule has 1 unspecified atom stereocenters. The van der Waals surface area contributed by atoms with Gasteiger partial charge >= 0.3 is 5.97 Å². The molecule has 30 heavy (non-hydrogen) atoms. The van der Waals surface area contributed by atoms with E-state index in [0.29, 0.717) is 6.61 Å². The molecule has 1 heterocycles. The van der Waals surface area contributed by atoms with Gasteiger partial charge in [0, 0.05) is 12.4 Å². The van der Waals surface area contributed by atoms with Gasteiger partial charge in [-0.15, -0.1) is 0 Å². The molecule has 0 bridgehead atoms. The van der Waals surface area contributed by atoms with Crippen molar-refractivity contribution in [1.29, 1.82) is 0 Å². The van der Waals surface area contributed by atoms with E-state index in [9.17, 15) is 4.79 Å². The minimum atomic E-state index is -0.379. The molecule has 0 fully saturated rings. The molecule has 3 aromatic carbocycles. The lowest BCUT2D eigenvalue weighted by atomic mass is 9.96. The highest BCUT2D eigenvalue weighted by Crippen LogP contribution is 2.30. The van der Waals surface area contributed by atoms with Crippen molar-refractivity contribution in [2.75, 3.05) is 13.2 Å². The molecule has 5 nitrogen and oxygen atoms in total. The summed E-state index contributed by atoms with van der Waals surface area (Å²) in [7, 11) is 0. The lowest BCUT2D eigenvalue weighted by molar-refractivity contribution is -0.149. The third-order valence-corrected chi connectivity index (χ3v) is 4.77. The zero-order chi connectivity index (χ0) is 20.8. The van der Waals surface area contributed by atoms with Gasteiger partial charge in [0.15, 0.2) is 0 Å². The molecule has 0 aliphatic heterocycles. The number of hydrogen-bond donors (Lipinski definition) is 0. The van der Waals surface area contributed by atoms with E-state index in [-0.39, 0.29) is 18.7 Å². The van der Waals surface area contributed by atoms with E-state index in [1.807, 2.05) is 60.7 Å². The van der Waals surface area contributed by atoms with Crippen LogP contribution in [0.3, 0.4) is 0 Å². The Morgan fingerprint density at radius 2 is 1.57 bits per heavy atom. The van der Waals surface area contributed by atoms with Crippen LogP contribution in [-0.4, -0.2) is 29.2 Å². The first-order valence-electron chi connectivity index (χ1n) is 9.88. The normalized spacial score (nSPS) is 11.9. The van der Waals surface area contributed by atoms with Gasteiger partial charge < -0.3 is 9.47 Å². The number of rotatable bonds is 7. The van der Waals surface area contributed by atoms with E-state index < -0.39 is 0 Å². The van der Waals surface area contributed by atoms with Gasteiger partial charge in [0.2, 0.25) is 0 Å². The maximum atomic E-state index is 11.9. The lowest BCUT2D eigenvalue weighted by Crippen LogP contribution is -2.16. The molecule has 0 spiro atoms. The van der Waals surface area contributed by atoms with Crippen LogP contribution in [0.15, 0.2) is 85.2 Å². The zero-order valence-electron chi connectivity index (χ0n) is 16.7. The molecule has 5 heteroatoms. The van der Waals surface area contributed by atoms with E-state index in [0.717, 1.165) is 33.3 Å². The SMILES string of the molecule is CCOC(=O)COC(c1ccccc1)c1cccc(-c2ccc3nccnc3c2)c1. The molecule has 0 aliphatic carbocycles. The van der Waals surface area contributed by atoms with Crippen molar-refractivity contribution in [3.8, 4) is 11.1 Å². The highest BCUT2D eigenvalue weighted by atomic mass is 16.6. The molecule has 1 atom stereocenters. The van der Waals surface area contributed by atoms with E-state index in [4.69, 9.17) is 9.47 Å². The van der Waals surface area contributed by atoms with Gasteiger partial charge in [-0.05, 0) is 47.4 Å². The Labute approximate surface area is 175 Å². The van der Waals surface area contributed by atoms with Gasteiger partial charge in [0.05, 0.1) is 17.6 Å². The van der Waals surface area contributed by atoms with Crippen LogP contribution in [0.4, 0.5) is 0 Å². The van der Waals surface area contributed by atoms with Crippen LogP contribution in [0.5, 0.6) is 0 Å². The Bertz CT molecular complexity index is 1150. The van der Waals surface area contributed by atoms with Crippen molar-refractivity contribution in [1.82, 2.24) is 9.97 Å². The summed E-state index contributed by atoms with van der Waals surface area (Å²) in [6, 6.07) is 24.0. The molecule has 0 N–H and O–H groups in total. The highest BCUT2D eigenvalue weighted by Gasteiger charge is 2.17. The summed E-state index contributed by atoms with van der Waals surface area (Å²) < 4.78 is 11.0. The Balaban J connectivity index is 1.67. The fourth-order valence-electron chi connectivity index (χ4n) is 3.39. The number of carbonyl (C=O) groups is 1. The van der Waals surface area contributed by atoms with E-state index in [2.05, 4.69) is 22.1 Å². The van der Waals surface area contributed by atoms with Crippen molar-refractivity contribution in [3.05, 3.63) is 96.3 Å². The van der Waals surface area contributed by atoms with Gasteiger partial charge in [-0.2, -0.15) is 0 Å². The van der Waals surface area contributed by atoms with E-state index in [1.54, 1.807) is 19.3 Å². The molecule has 4 aromatic rings. The molecule has 0 saturated carbocycles. The average Bonchev–Trinajstić information content (AvgIpc) is 2.80. The summed E-state index contributed by atoms with van der Waals surface area (Å²) in [6.07, 6.45) is 3.00. The van der Waals surface area contributed by atoms with Gasteiger partial charge in [0.25, 0.3) is 0 Å². The van der Waals surface area contributed by atoms with E-state index >= 15 is 0 Å². The smallest absolute Gasteiger partial charge is 0.332 e. The number of carbonyl (C=O) groups excluding carboxylic acids is 1. The quantitative estimate of drug-likeness (QED) is 0.412. The molecular weight excluding hydrogens is 376 g/mol. The second kappa shape index (κ2) is 9.29. The van der Waals surface area contributed by atoms with Crippen LogP contribution >= 0.6 is 0 Å². The number of fused-ring (bicyclic) bond motifs is 1. The van der Waals surface area contributed by atoms with Crippen LogP contribution < -0.4 is 0 Å². The summed E-state index contributed by atoms with van der Waals surface area (Å²) in [4.78, 5) is 20.6. The Morgan fingerprint density at radius 3 is 2.37 bits per heavy atom. The average molecular weight is 398 g/mol. The van der Waals surface area contributed by atoms with Crippen molar-refractivity contribution in [2.24, 2.45) is 0 Å². The van der Waals surface area contributed by atoms with Crippen molar-refractivity contribution in [3.63, 3.8) is 0 Å². The molecule has 1 aromatic heterocycles. The summed E-state index contributed by atoms with van der Waals surface area (Å²) in [5.41, 5.74) is 5.73. The lowest BCUT2D eigenvalue weighted by Gasteiger charge is -2.19. The molecule has 150 valence electrons. The monoisotopic (exact) mass is 398 g/mol. The maximum absolute atomic E-state index is 11.9. The molecule has 0 radical (unpaired) electrons. The number of esters is 1. The van der Waals surface area contributed by atoms with Gasteiger partial charge in [-0.1, -0.05) is 54.6 Å². The van der Waals surface area contributed by atoms with Crippen molar-refractivity contribution >= 4 is 17.0 Å². The summed E-state index contributed by atoms with van der Waals surface area (Å²) in [6.45, 7) is 2.01. The highest BCUT2D eigenvalue weighted by molar-refractivity contribution is 5.81. The topological polar surface area (TPSA) is 61.3 Å². The summed E-state index contributed by atoms with van der Waals surface area (Å²) >= 11 is 0. The largest absolute Gasteiger partial charge is 0.464 e. The second-order valence-electron chi connectivity index (χ2n) is 6.79. The zero-order valence-corrected chi connectivity index (χ0v) is 16.7. The number of aromatic nitrogens is 2. The second-order valence-corrected chi connectivity index (χ2v) is 6.79. The predicted molar refractivity (Wildman–Crippen MR) is 116 cm³/mol. The van der Waals surface area contributed by atoms with Crippen molar-refractivity contribution < 1.29 is 14.3 Å². The standard InChI is InChI=1S/C25H22N2O3/c1-2-29-24(28)17-30-25(18-7-4-3-5-8-18)21-10-6-9-19(15-21)20-11-12-22-23(16-20)27-14-13-26-22/h3-16,25H,2,17H2,1H3. The molecule has 0 saturated heterocycles. The first kappa shape index (κ1) is 19.7. The Hall–Kier alpha value is -3.57. The minimum Gasteiger partial charge on any atom is -0.464 e. The van der Waals surface area contributed by atoms with Gasteiger partial charge in [-0.3, -0.25) is 9.97 Å². The van der Waals surface area contributed by atoms with Gasteiger partial charge in [0.1, 0.15) is 12.7 Å². The number of hydrogen-bond acceptors (Lipinski definition) is 5. The third kappa shape index (κ3) is 4.53. The van der Waals surface area contributed by atoms with Crippen LogP contribution in [0.2, 0.25) is 0 Å². The maximum Gasteiger partial charge on any atom is 0.332 e. The van der Waals surface area contributed by atoms with Crippen molar-refractivity contribution in [2.45, 2.75) is 13.0 Å². The fourth-order valence-corrected chi connectivity index (χ4v) is 3.39. The van der Waals surface area contributed by atoms with Crippen LogP contribution in [0.25, 0.3) is 22.2 Å². The van der Waals surface area contributed by atoms with Crippen LogP contribution in [0, 0.1) is 0 Å². The summed E-state index contributed by atoms with van der Waals surface area (Å²) in [5, 5.41) is 0. The fraction of sp³-hybridized carbons (Fsp3) is 0.160. The minimum absolute atomic E-state index is 0.108. The number of ether oxygens (including phenoxy) is 2. The first-order chi connectivity index (χ1) is 14.7. The molecular formula is C25H22N2O3. The van der Waals surface area contributed by atoms with Crippen LogP contribution in [0.1, 0.15) is 24.2 Å². The third-order valence-electron chi connectivity index (χ3n) is 4.77. The summed E-state index contributed by atoms with van der Waals surface area (Å²) in [5.74, 6) is -0.373. The molecule has 4 rings (SSSR count). The molecule has 0 amide bonds. The Morgan fingerprint density at radius 1 is 0.833 bits per heavy atom. The van der Waals surface area contributed by atoms with Crippen LogP contribution in [-0.2, 0) is 14.3 Å². The number of benzene rings is 3. The molecule has 0 aliphatic rings. The van der Waals surface area contributed by atoms with Gasteiger partial charge in [-0.25, -0.2) is 4.79 Å². The predicted octanol–water partition coefficient (Wildman–Crippen LogP) is 4.97. The Kier molecular flexibility index (Phi) is 6.11. The number of nitrogens with zero attached hydrogens (tertiary/aromatic N) is 2. The first-order valence-corrected chi connectivity index (χ1v) is 9.88.